The van der Waals surface area contributed by atoms with Gasteiger partial charge in [-0.2, -0.15) is 0 Å². The molecular formula is C15H21N3O2. The fourth-order valence-electron chi connectivity index (χ4n) is 3.17. The van der Waals surface area contributed by atoms with Crippen LogP contribution in [0.25, 0.3) is 0 Å². The van der Waals surface area contributed by atoms with Crippen molar-refractivity contribution in [2.75, 3.05) is 31.2 Å². The third kappa shape index (κ3) is 2.39. The Balaban J connectivity index is 1.75. The quantitative estimate of drug-likeness (QED) is 0.797. The summed E-state index contributed by atoms with van der Waals surface area (Å²) in [7, 11) is 1.76. The third-order valence-corrected chi connectivity index (χ3v) is 4.40. The van der Waals surface area contributed by atoms with Crippen molar-refractivity contribution in [1.29, 1.82) is 0 Å². The lowest BCUT2D eigenvalue weighted by Crippen LogP contribution is -2.51. The number of hydrogen-bond donors (Lipinski definition) is 2. The molecule has 0 spiro atoms. The summed E-state index contributed by atoms with van der Waals surface area (Å²) in [6, 6.07) is 5.73. The first-order valence-corrected chi connectivity index (χ1v) is 7.14. The Labute approximate surface area is 119 Å². The van der Waals surface area contributed by atoms with E-state index < -0.39 is 0 Å². The first-order chi connectivity index (χ1) is 9.69. The molecule has 2 heterocycles. The lowest BCUT2D eigenvalue weighted by atomic mass is 9.95. The Morgan fingerprint density at radius 3 is 2.80 bits per heavy atom. The molecule has 2 aliphatic rings. The molecule has 0 saturated carbocycles. The smallest absolute Gasteiger partial charge is 0.242 e. The second-order valence-corrected chi connectivity index (χ2v) is 5.56. The van der Waals surface area contributed by atoms with E-state index in [2.05, 4.69) is 10.2 Å². The molecule has 0 bridgehead atoms. The molecule has 1 fully saturated rings. The van der Waals surface area contributed by atoms with Gasteiger partial charge < -0.3 is 15.8 Å². The van der Waals surface area contributed by atoms with E-state index >= 15 is 0 Å². The summed E-state index contributed by atoms with van der Waals surface area (Å²) in [5.74, 6) is 0.0614. The minimum atomic E-state index is -0.0814. The summed E-state index contributed by atoms with van der Waals surface area (Å²) in [5.41, 5.74) is 8.48. The van der Waals surface area contributed by atoms with Crippen molar-refractivity contribution >= 4 is 17.3 Å². The zero-order valence-electron chi connectivity index (χ0n) is 11.8. The van der Waals surface area contributed by atoms with Gasteiger partial charge in [0.1, 0.15) is 0 Å². The van der Waals surface area contributed by atoms with Crippen molar-refractivity contribution in [1.82, 2.24) is 4.90 Å². The highest BCUT2D eigenvalue weighted by Gasteiger charge is 2.33. The summed E-state index contributed by atoms with van der Waals surface area (Å²) in [5, 5.41) is 2.96. The van der Waals surface area contributed by atoms with Gasteiger partial charge in [0.15, 0.2) is 0 Å². The predicted octanol–water partition coefficient (Wildman–Crippen LogP) is 1.24. The number of likely N-dealkylation sites (tertiary alicyclic amines) is 1. The van der Waals surface area contributed by atoms with Gasteiger partial charge in [0.05, 0.1) is 23.5 Å². The van der Waals surface area contributed by atoms with E-state index in [1.165, 1.54) is 0 Å². The molecule has 5 heteroatoms. The number of fused-ring (bicyclic) bond motifs is 1. The van der Waals surface area contributed by atoms with Crippen LogP contribution < -0.4 is 11.1 Å². The second kappa shape index (κ2) is 5.42. The molecule has 1 unspecified atom stereocenters. The summed E-state index contributed by atoms with van der Waals surface area (Å²) < 4.78 is 5.38. The summed E-state index contributed by atoms with van der Waals surface area (Å²) >= 11 is 0. The number of amides is 1. The molecule has 0 radical (unpaired) electrons. The van der Waals surface area contributed by atoms with Crippen molar-refractivity contribution in [3.63, 3.8) is 0 Å². The monoisotopic (exact) mass is 275 g/mol. The number of anilines is 2. The number of nitrogens with two attached hydrogens (primary N) is 1. The van der Waals surface area contributed by atoms with Crippen LogP contribution in [-0.2, 0) is 16.0 Å². The van der Waals surface area contributed by atoms with Gasteiger partial charge in [-0.3, -0.25) is 9.69 Å². The van der Waals surface area contributed by atoms with E-state index in [4.69, 9.17) is 10.5 Å². The first-order valence-electron chi connectivity index (χ1n) is 7.14. The normalized spacial score (nSPS) is 24.2. The van der Waals surface area contributed by atoms with Gasteiger partial charge in [0.25, 0.3) is 0 Å². The first kappa shape index (κ1) is 13.4. The molecule has 0 aliphatic carbocycles. The summed E-state index contributed by atoms with van der Waals surface area (Å²) in [6.07, 6.45) is 3.05. The Morgan fingerprint density at radius 2 is 2.10 bits per heavy atom. The van der Waals surface area contributed by atoms with Crippen molar-refractivity contribution in [3.05, 3.63) is 23.8 Å². The highest BCUT2D eigenvalue weighted by molar-refractivity contribution is 6.00. The van der Waals surface area contributed by atoms with Crippen LogP contribution in [0.1, 0.15) is 18.4 Å². The van der Waals surface area contributed by atoms with E-state index in [9.17, 15) is 4.79 Å². The molecule has 20 heavy (non-hydrogen) atoms. The second-order valence-electron chi connectivity index (χ2n) is 5.56. The number of carbonyl (C=O) groups is 1. The average molecular weight is 275 g/mol. The van der Waals surface area contributed by atoms with Crippen LogP contribution in [0.3, 0.4) is 0 Å². The van der Waals surface area contributed by atoms with Gasteiger partial charge in [-0.15, -0.1) is 0 Å². The van der Waals surface area contributed by atoms with Crippen LogP contribution in [0.5, 0.6) is 0 Å². The number of para-hydroxylation sites is 1. The number of carbonyl (C=O) groups excluding carboxylic acids is 1. The highest BCUT2D eigenvalue weighted by Crippen LogP contribution is 2.30. The number of ether oxygens (including phenoxy) is 1. The molecule has 108 valence electrons. The van der Waals surface area contributed by atoms with Crippen molar-refractivity contribution in [3.8, 4) is 0 Å². The summed E-state index contributed by atoms with van der Waals surface area (Å²) in [4.78, 5) is 14.6. The molecule has 5 nitrogen and oxygen atoms in total. The van der Waals surface area contributed by atoms with Crippen molar-refractivity contribution in [2.45, 2.75) is 31.4 Å². The fourth-order valence-corrected chi connectivity index (χ4v) is 3.17. The lowest BCUT2D eigenvalue weighted by molar-refractivity contribution is -0.122. The SMILES string of the molecule is COC1CCN(C2Cc3cccc(N)c3NC2=O)CC1. The van der Waals surface area contributed by atoms with Crippen LogP contribution in [0.2, 0.25) is 0 Å². The van der Waals surface area contributed by atoms with Gasteiger partial charge in [0, 0.05) is 20.2 Å². The predicted molar refractivity (Wildman–Crippen MR) is 78.6 cm³/mol. The van der Waals surface area contributed by atoms with Crippen molar-refractivity contribution < 1.29 is 9.53 Å². The number of nitrogens with zero attached hydrogens (tertiary/aromatic N) is 1. The number of hydrogen-bond acceptors (Lipinski definition) is 4. The van der Waals surface area contributed by atoms with E-state index in [0.29, 0.717) is 11.8 Å². The van der Waals surface area contributed by atoms with Gasteiger partial charge in [-0.1, -0.05) is 12.1 Å². The number of nitrogens with one attached hydrogen (secondary N) is 1. The highest BCUT2D eigenvalue weighted by atomic mass is 16.5. The van der Waals surface area contributed by atoms with Crippen molar-refractivity contribution in [2.24, 2.45) is 0 Å². The molecule has 1 amide bonds. The van der Waals surface area contributed by atoms with E-state index in [0.717, 1.165) is 43.6 Å². The molecule has 1 atom stereocenters. The minimum absolute atomic E-state index is 0.0614. The Morgan fingerprint density at radius 1 is 1.35 bits per heavy atom. The maximum atomic E-state index is 12.3. The third-order valence-electron chi connectivity index (χ3n) is 4.40. The van der Waals surface area contributed by atoms with Gasteiger partial charge >= 0.3 is 0 Å². The van der Waals surface area contributed by atoms with E-state index in [1.807, 2.05) is 18.2 Å². The number of benzene rings is 1. The van der Waals surface area contributed by atoms with Crippen LogP contribution in [0, 0.1) is 0 Å². The molecule has 2 aliphatic heterocycles. The zero-order chi connectivity index (χ0) is 14.1. The lowest BCUT2D eigenvalue weighted by Gasteiger charge is -2.38. The Bertz CT molecular complexity index is 510. The molecule has 0 aromatic heterocycles. The maximum absolute atomic E-state index is 12.3. The standard InChI is InChI=1S/C15H21N3O2/c1-20-11-5-7-18(8-6-11)13-9-10-3-2-4-12(16)14(10)17-15(13)19/h2-4,11,13H,5-9,16H2,1H3,(H,17,19). The number of methoxy groups -OCH3 is 1. The summed E-state index contributed by atoms with van der Waals surface area (Å²) in [6.45, 7) is 1.82. The number of piperidine rings is 1. The number of rotatable bonds is 2. The molecule has 3 N–H and O–H groups in total. The largest absolute Gasteiger partial charge is 0.397 e. The molecule has 1 aromatic rings. The molecule has 3 rings (SSSR count). The minimum Gasteiger partial charge on any atom is -0.397 e. The molecular weight excluding hydrogens is 254 g/mol. The topological polar surface area (TPSA) is 67.6 Å². The maximum Gasteiger partial charge on any atom is 0.242 e. The van der Waals surface area contributed by atoms with E-state index in [1.54, 1.807) is 7.11 Å². The molecule has 1 saturated heterocycles. The van der Waals surface area contributed by atoms with Gasteiger partial charge in [-0.25, -0.2) is 0 Å². The van der Waals surface area contributed by atoms with E-state index in [-0.39, 0.29) is 11.9 Å². The zero-order valence-corrected chi connectivity index (χ0v) is 11.8. The Hall–Kier alpha value is -1.59. The van der Waals surface area contributed by atoms with Gasteiger partial charge in [0.2, 0.25) is 5.91 Å². The van der Waals surface area contributed by atoms with Crippen LogP contribution in [0.15, 0.2) is 18.2 Å². The Kier molecular flexibility index (Phi) is 3.63. The molecule has 1 aromatic carbocycles. The van der Waals surface area contributed by atoms with Crippen LogP contribution in [-0.4, -0.2) is 43.2 Å². The van der Waals surface area contributed by atoms with Crippen LogP contribution >= 0.6 is 0 Å². The van der Waals surface area contributed by atoms with Crippen LogP contribution in [0.4, 0.5) is 11.4 Å². The fraction of sp³-hybridized carbons (Fsp3) is 0.533. The number of nitrogen functional groups attached to an aromatic ring is 1. The van der Waals surface area contributed by atoms with Gasteiger partial charge in [-0.05, 0) is 30.9 Å². The average Bonchev–Trinajstić information content (AvgIpc) is 2.48.